The highest BCUT2D eigenvalue weighted by Gasteiger charge is 2.11. The van der Waals surface area contributed by atoms with E-state index in [2.05, 4.69) is 15.2 Å². The van der Waals surface area contributed by atoms with E-state index < -0.39 is 0 Å². The number of carbonyl (C=O) groups excluding carboxylic acids is 1. The highest BCUT2D eigenvalue weighted by molar-refractivity contribution is 5.91. The van der Waals surface area contributed by atoms with Crippen molar-refractivity contribution in [2.45, 2.75) is 12.8 Å². The fourth-order valence-electron chi connectivity index (χ4n) is 2.60. The Labute approximate surface area is 136 Å². The van der Waals surface area contributed by atoms with Crippen molar-refractivity contribution in [1.29, 1.82) is 0 Å². The van der Waals surface area contributed by atoms with Gasteiger partial charge in [0.05, 0.1) is 13.2 Å². The van der Waals surface area contributed by atoms with Gasteiger partial charge in [-0.2, -0.15) is 0 Å². The number of morpholine rings is 1. The van der Waals surface area contributed by atoms with Crippen molar-refractivity contribution >= 4 is 17.3 Å². The first-order chi connectivity index (χ1) is 11.3. The van der Waals surface area contributed by atoms with E-state index in [0.717, 1.165) is 37.6 Å². The zero-order valence-corrected chi connectivity index (χ0v) is 13.1. The lowest BCUT2D eigenvalue weighted by Crippen LogP contribution is -2.36. The van der Waals surface area contributed by atoms with Crippen LogP contribution in [0.5, 0.6) is 0 Å². The number of rotatable bonds is 5. The molecule has 1 aromatic heterocycles. The van der Waals surface area contributed by atoms with Crippen LogP contribution >= 0.6 is 0 Å². The zero-order chi connectivity index (χ0) is 15.9. The number of hydrogen-bond donors (Lipinski definition) is 1. The number of pyridine rings is 1. The molecule has 1 N–H and O–H groups in total. The molecule has 23 heavy (non-hydrogen) atoms. The lowest BCUT2D eigenvalue weighted by Gasteiger charge is -2.28. The maximum absolute atomic E-state index is 12.0. The van der Waals surface area contributed by atoms with Crippen LogP contribution in [0.4, 0.5) is 11.4 Å². The normalized spacial score (nSPS) is 14.5. The molecule has 1 aliphatic heterocycles. The van der Waals surface area contributed by atoms with Gasteiger partial charge in [-0.1, -0.05) is 6.07 Å². The van der Waals surface area contributed by atoms with E-state index in [-0.39, 0.29) is 5.91 Å². The summed E-state index contributed by atoms with van der Waals surface area (Å²) in [5.41, 5.74) is 3.07. The van der Waals surface area contributed by atoms with Gasteiger partial charge in [-0.05, 0) is 42.3 Å². The Bertz CT molecular complexity index is 622. The average molecular weight is 311 g/mol. The second-order valence-electron chi connectivity index (χ2n) is 5.56. The number of benzene rings is 1. The molecule has 0 spiro atoms. The Hall–Kier alpha value is -2.40. The van der Waals surface area contributed by atoms with Gasteiger partial charge in [0.15, 0.2) is 0 Å². The Morgan fingerprint density at radius 1 is 1.17 bits per heavy atom. The summed E-state index contributed by atoms with van der Waals surface area (Å²) in [5.74, 6) is 0.0213. The van der Waals surface area contributed by atoms with Crippen molar-refractivity contribution in [2.24, 2.45) is 0 Å². The Balaban J connectivity index is 1.50. The monoisotopic (exact) mass is 311 g/mol. The van der Waals surface area contributed by atoms with Crippen molar-refractivity contribution in [3.05, 3.63) is 54.4 Å². The Morgan fingerprint density at radius 3 is 2.65 bits per heavy atom. The smallest absolute Gasteiger partial charge is 0.224 e. The lowest BCUT2D eigenvalue weighted by molar-refractivity contribution is -0.116. The van der Waals surface area contributed by atoms with Gasteiger partial charge in [-0.15, -0.1) is 0 Å². The van der Waals surface area contributed by atoms with E-state index in [9.17, 15) is 4.79 Å². The molecule has 0 radical (unpaired) electrons. The summed E-state index contributed by atoms with van der Waals surface area (Å²) in [6, 6.07) is 11.9. The predicted molar refractivity (Wildman–Crippen MR) is 90.7 cm³/mol. The number of nitrogens with zero attached hydrogens (tertiary/aromatic N) is 2. The van der Waals surface area contributed by atoms with Gasteiger partial charge in [0, 0.05) is 43.3 Å². The fourth-order valence-corrected chi connectivity index (χ4v) is 2.60. The molecule has 2 heterocycles. The van der Waals surface area contributed by atoms with Crippen LogP contribution in [0.15, 0.2) is 48.8 Å². The minimum absolute atomic E-state index is 0.0213. The Morgan fingerprint density at radius 2 is 1.96 bits per heavy atom. The van der Waals surface area contributed by atoms with Crippen molar-refractivity contribution in [3.63, 3.8) is 0 Å². The Kier molecular flexibility index (Phi) is 5.21. The minimum Gasteiger partial charge on any atom is -0.378 e. The van der Waals surface area contributed by atoms with Crippen LogP contribution in [0.1, 0.15) is 12.0 Å². The zero-order valence-electron chi connectivity index (χ0n) is 13.1. The van der Waals surface area contributed by atoms with Gasteiger partial charge in [-0.3, -0.25) is 9.78 Å². The third-order valence-electron chi connectivity index (χ3n) is 3.89. The molecule has 2 aromatic rings. The second-order valence-corrected chi connectivity index (χ2v) is 5.56. The third-order valence-corrected chi connectivity index (χ3v) is 3.89. The number of nitrogens with one attached hydrogen (secondary N) is 1. The van der Waals surface area contributed by atoms with Gasteiger partial charge < -0.3 is 15.0 Å². The van der Waals surface area contributed by atoms with Gasteiger partial charge in [0.2, 0.25) is 5.91 Å². The number of carbonyl (C=O) groups is 1. The molecule has 0 aliphatic carbocycles. The molecular formula is C18H21N3O2. The second kappa shape index (κ2) is 7.74. The third kappa shape index (κ3) is 4.53. The van der Waals surface area contributed by atoms with Crippen molar-refractivity contribution in [2.75, 3.05) is 36.5 Å². The van der Waals surface area contributed by atoms with Crippen LogP contribution in [0.3, 0.4) is 0 Å². The van der Waals surface area contributed by atoms with E-state index in [1.165, 1.54) is 5.69 Å². The molecule has 5 nitrogen and oxygen atoms in total. The van der Waals surface area contributed by atoms with Crippen molar-refractivity contribution in [3.8, 4) is 0 Å². The van der Waals surface area contributed by atoms with Gasteiger partial charge in [0.25, 0.3) is 0 Å². The van der Waals surface area contributed by atoms with Crippen LogP contribution in [-0.2, 0) is 16.0 Å². The van der Waals surface area contributed by atoms with Crippen LogP contribution in [-0.4, -0.2) is 37.2 Å². The lowest BCUT2D eigenvalue weighted by atomic mass is 10.1. The summed E-state index contributed by atoms with van der Waals surface area (Å²) in [6.45, 7) is 3.37. The highest BCUT2D eigenvalue weighted by atomic mass is 16.5. The van der Waals surface area contributed by atoms with Crippen molar-refractivity contribution < 1.29 is 9.53 Å². The summed E-state index contributed by atoms with van der Waals surface area (Å²) in [6.07, 6.45) is 4.69. The number of ether oxygens (including phenoxy) is 1. The average Bonchev–Trinajstić information content (AvgIpc) is 2.62. The summed E-state index contributed by atoms with van der Waals surface area (Å²) in [4.78, 5) is 18.4. The van der Waals surface area contributed by atoms with Gasteiger partial charge in [-0.25, -0.2) is 0 Å². The van der Waals surface area contributed by atoms with Gasteiger partial charge in [0.1, 0.15) is 0 Å². The molecule has 120 valence electrons. The highest BCUT2D eigenvalue weighted by Crippen LogP contribution is 2.19. The first-order valence-corrected chi connectivity index (χ1v) is 7.93. The topological polar surface area (TPSA) is 54.5 Å². The SMILES string of the molecule is O=C(CCc1cccnc1)Nc1ccc(N2CCOCC2)cc1. The van der Waals surface area contributed by atoms with Crippen LogP contribution in [0, 0.1) is 0 Å². The van der Waals surface area contributed by atoms with E-state index in [1.807, 2.05) is 36.4 Å². The largest absolute Gasteiger partial charge is 0.378 e. The molecule has 0 atom stereocenters. The number of hydrogen-bond acceptors (Lipinski definition) is 4. The molecule has 1 saturated heterocycles. The van der Waals surface area contributed by atoms with E-state index in [1.54, 1.807) is 12.4 Å². The quantitative estimate of drug-likeness (QED) is 0.922. The molecule has 1 aromatic carbocycles. The maximum atomic E-state index is 12.0. The first-order valence-electron chi connectivity index (χ1n) is 7.93. The predicted octanol–water partition coefficient (Wildman–Crippen LogP) is 2.49. The molecule has 5 heteroatoms. The summed E-state index contributed by atoms with van der Waals surface area (Å²) < 4.78 is 5.36. The first kappa shape index (κ1) is 15.5. The molecule has 1 aliphatic rings. The van der Waals surface area contributed by atoms with E-state index in [4.69, 9.17) is 4.74 Å². The molecule has 0 unspecified atom stereocenters. The summed E-state index contributed by atoms with van der Waals surface area (Å²) in [7, 11) is 0. The molecule has 1 fully saturated rings. The van der Waals surface area contributed by atoms with E-state index >= 15 is 0 Å². The van der Waals surface area contributed by atoms with Crippen LogP contribution in [0.25, 0.3) is 0 Å². The van der Waals surface area contributed by atoms with Crippen LogP contribution in [0.2, 0.25) is 0 Å². The summed E-state index contributed by atoms with van der Waals surface area (Å²) >= 11 is 0. The number of aryl methyl sites for hydroxylation is 1. The molecule has 0 bridgehead atoms. The van der Waals surface area contributed by atoms with Crippen LogP contribution < -0.4 is 10.2 Å². The molecular weight excluding hydrogens is 290 g/mol. The molecule has 1 amide bonds. The number of amides is 1. The van der Waals surface area contributed by atoms with Crippen molar-refractivity contribution in [1.82, 2.24) is 4.98 Å². The number of aromatic nitrogens is 1. The summed E-state index contributed by atoms with van der Waals surface area (Å²) in [5, 5.41) is 2.94. The molecule has 0 saturated carbocycles. The van der Waals surface area contributed by atoms with E-state index in [0.29, 0.717) is 12.8 Å². The standard InChI is InChI=1S/C18H21N3O2/c22-18(8-3-15-2-1-9-19-14-15)20-16-4-6-17(7-5-16)21-10-12-23-13-11-21/h1-2,4-7,9,14H,3,8,10-13H2,(H,20,22). The maximum Gasteiger partial charge on any atom is 0.224 e. The molecule has 3 rings (SSSR count). The number of anilines is 2. The fraction of sp³-hybridized carbons (Fsp3) is 0.333. The minimum atomic E-state index is 0.0213. The van der Waals surface area contributed by atoms with Gasteiger partial charge >= 0.3 is 0 Å².